The van der Waals surface area contributed by atoms with Crippen LogP contribution in [-0.4, -0.2) is 31.7 Å². The molecule has 0 radical (unpaired) electrons. The molecular formula is C23H18ClF3N4O5. The van der Waals surface area contributed by atoms with Crippen molar-refractivity contribution in [3.05, 3.63) is 95.1 Å². The van der Waals surface area contributed by atoms with Gasteiger partial charge in [0.1, 0.15) is 5.56 Å². The Balaban J connectivity index is 1.98. The zero-order valence-electron chi connectivity index (χ0n) is 18.8. The predicted molar refractivity (Wildman–Crippen MR) is 125 cm³/mol. The van der Waals surface area contributed by atoms with E-state index in [1.807, 2.05) is 0 Å². The monoisotopic (exact) mass is 522 g/mol. The number of H-pyrrole nitrogens is 2. The zero-order valence-corrected chi connectivity index (χ0v) is 19.6. The van der Waals surface area contributed by atoms with Crippen LogP contribution in [0.25, 0.3) is 16.7 Å². The van der Waals surface area contributed by atoms with Crippen LogP contribution in [0.1, 0.15) is 34.0 Å². The minimum Gasteiger partial charge on any atom is -0.462 e. The number of nitrogens with one attached hydrogen (secondary N) is 2. The first kappa shape index (κ1) is 25.0. The molecule has 0 amide bonds. The highest BCUT2D eigenvalue weighted by molar-refractivity contribution is 6.32. The number of imidazole rings is 1. The summed E-state index contributed by atoms with van der Waals surface area (Å²) in [4.78, 5) is 55.9. The second kappa shape index (κ2) is 9.19. The smallest absolute Gasteiger partial charge is 0.417 e. The van der Waals surface area contributed by atoms with Crippen LogP contribution in [0.3, 0.4) is 0 Å². The van der Waals surface area contributed by atoms with E-state index >= 15 is 0 Å². The van der Waals surface area contributed by atoms with Crippen molar-refractivity contribution in [2.24, 2.45) is 0 Å². The molecule has 9 nitrogen and oxygen atoms in total. The molecule has 0 saturated carbocycles. The molecule has 4 aromatic rings. The first-order chi connectivity index (χ1) is 16.9. The van der Waals surface area contributed by atoms with E-state index in [4.69, 9.17) is 16.3 Å². The van der Waals surface area contributed by atoms with Crippen LogP contribution < -0.4 is 16.9 Å². The summed E-state index contributed by atoms with van der Waals surface area (Å²) < 4.78 is 46.5. The minimum absolute atomic E-state index is 0.0631. The van der Waals surface area contributed by atoms with E-state index in [9.17, 15) is 32.3 Å². The van der Waals surface area contributed by atoms with Crippen LogP contribution in [0, 0.1) is 6.92 Å². The van der Waals surface area contributed by atoms with Crippen molar-refractivity contribution in [3.8, 4) is 5.69 Å². The molecule has 4 rings (SSSR count). The fourth-order valence-corrected chi connectivity index (χ4v) is 4.09. The van der Waals surface area contributed by atoms with Crippen molar-refractivity contribution < 1.29 is 22.7 Å². The van der Waals surface area contributed by atoms with Gasteiger partial charge in [-0.05, 0) is 43.2 Å². The van der Waals surface area contributed by atoms with Gasteiger partial charge in [-0.25, -0.2) is 14.4 Å². The number of aromatic amines is 2. The number of carbonyl (C=O) groups excluding carboxylic acids is 1. The quantitative estimate of drug-likeness (QED) is 0.390. The lowest BCUT2D eigenvalue weighted by Crippen LogP contribution is -2.42. The number of fused-ring (bicyclic) bond motifs is 1. The van der Waals surface area contributed by atoms with E-state index in [2.05, 4.69) is 9.97 Å². The van der Waals surface area contributed by atoms with Gasteiger partial charge in [0.2, 0.25) is 0 Å². The molecular weight excluding hydrogens is 505 g/mol. The molecule has 0 aliphatic heterocycles. The summed E-state index contributed by atoms with van der Waals surface area (Å²) in [7, 11) is 0. The number of hydrogen-bond acceptors (Lipinski definition) is 5. The van der Waals surface area contributed by atoms with Gasteiger partial charge in [0.25, 0.3) is 5.56 Å². The Labute approximate surface area is 204 Å². The van der Waals surface area contributed by atoms with Gasteiger partial charge < -0.3 is 14.7 Å². The Morgan fingerprint density at radius 2 is 1.78 bits per heavy atom. The minimum atomic E-state index is -4.76. The Kier molecular flexibility index (Phi) is 6.39. The summed E-state index contributed by atoms with van der Waals surface area (Å²) in [5, 5.41) is -0.674. The number of hydrogen-bond donors (Lipinski definition) is 2. The van der Waals surface area contributed by atoms with Crippen LogP contribution in [-0.2, 0) is 17.5 Å². The van der Waals surface area contributed by atoms with Gasteiger partial charge >= 0.3 is 23.5 Å². The molecule has 0 aliphatic carbocycles. The number of benzene rings is 2. The van der Waals surface area contributed by atoms with Crippen LogP contribution in [0.2, 0.25) is 5.02 Å². The van der Waals surface area contributed by atoms with E-state index in [-0.39, 0.29) is 17.9 Å². The largest absolute Gasteiger partial charge is 0.462 e. The molecule has 0 aliphatic rings. The number of aromatic nitrogens is 4. The highest BCUT2D eigenvalue weighted by Gasteiger charge is 2.34. The summed E-state index contributed by atoms with van der Waals surface area (Å²) in [6.07, 6.45) is -3.75. The molecule has 0 spiro atoms. The summed E-state index contributed by atoms with van der Waals surface area (Å²) in [6, 6.07) is 6.16. The number of carbonyl (C=O) groups is 1. The molecule has 2 aromatic heterocycles. The molecule has 2 N–H and O–H groups in total. The number of alkyl halides is 3. The van der Waals surface area contributed by atoms with Crippen LogP contribution >= 0.6 is 11.6 Å². The highest BCUT2D eigenvalue weighted by atomic mass is 35.5. The Morgan fingerprint density at radius 3 is 2.42 bits per heavy atom. The van der Waals surface area contributed by atoms with Crippen molar-refractivity contribution >= 4 is 28.6 Å². The van der Waals surface area contributed by atoms with Crippen LogP contribution in [0.5, 0.6) is 0 Å². The second-order valence-electron chi connectivity index (χ2n) is 7.85. The van der Waals surface area contributed by atoms with Crippen LogP contribution in [0.4, 0.5) is 13.2 Å². The second-order valence-corrected chi connectivity index (χ2v) is 8.22. The van der Waals surface area contributed by atoms with Gasteiger partial charge in [-0.1, -0.05) is 23.7 Å². The van der Waals surface area contributed by atoms with E-state index < -0.39 is 51.8 Å². The maximum Gasteiger partial charge on any atom is 0.417 e. The molecule has 2 aromatic carbocycles. The molecule has 0 unspecified atom stereocenters. The maximum absolute atomic E-state index is 13.4. The first-order valence-corrected chi connectivity index (χ1v) is 10.9. The number of esters is 1. The number of rotatable bonds is 5. The number of ether oxygens (including phenoxy) is 1. The molecule has 13 heteroatoms. The summed E-state index contributed by atoms with van der Waals surface area (Å²) >= 11 is 5.98. The van der Waals surface area contributed by atoms with Crippen LogP contribution in [0.15, 0.2) is 50.9 Å². The van der Waals surface area contributed by atoms with Gasteiger partial charge in [-0.3, -0.25) is 13.9 Å². The van der Waals surface area contributed by atoms with Gasteiger partial charge in [0, 0.05) is 6.20 Å². The lowest BCUT2D eigenvalue weighted by atomic mass is 10.1. The Hall–Kier alpha value is -4.06. The standard InChI is InChI=1S/C23H18ClF3N4O5/c1-3-36-20(33)13-10-30(17-8-16-15(7-11(17)2)28-21(34)29-16)22(35)31(19(13)32)9-12-5-4-6-14(18(12)24)23(25,26)27/h4-8,10H,3,9H2,1-2H3,(H2,28,29,34). The van der Waals surface area contributed by atoms with Crippen molar-refractivity contribution in [2.45, 2.75) is 26.6 Å². The molecule has 0 atom stereocenters. The topological polar surface area (TPSA) is 119 Å². The third-order valence-corrected chi connectivity index (χ3v) is 5.92. The van der Waals surface area contributed by atoms with E-state index in [0.717, 1.165) is 22.9 Å². The van der Waals surface area contributed by atoms with Crippen molar-refractivity contribution in [1.82, 2.24) is 19.1 Å². The van der Waals surface area contributed by atoms with Crippen molar-refractivity contribution in [1.29, 1.82) is 0 Å². The van der Waals surface area contributed by atoms with Gasteiger partial charge in [-0.2, -0.15) is 13.2 Å². The lowest BCUT2D eigenvalue weighted by molar-refractivity contribution is -0.137. The van der Waals surface area contributed by atoms with Crippen molar-refractivity contribution in [3.63, 3.8) is 0 Å². The average molecular weight is 523 g/mol. The Morgan fingerprint density at radius 1 is 1.11 bits per heavy atom. The predicted octanol–water partition coefficient (Wildman–Crippen LogP) is 3.37. The molecule has 188 valence electrons. The third kappa shape index (κ3) is 4.47. The fraction of sp³-hybridized carbons (Fsp3) is 0.217. The van der Waals surface area contributed by atoms with E-state index in [1.165, 1.54) is 19.1 Å². The van der Waals surface area contributed by atoms with Gasteiger partial charge in [0.15, 0.2) is 0 Å². The summed E-state index contributed by atoms with van der Waals surface area (Å²) in [5.74, 6) is -1.02. The fourth-order valence-electron chi connectivity index (χ4n) is 3.79. The number of halogens is 4. The molecule has 2 heterocycles. The Bertz CT molecular complexity index is 1680. The summed E-state index contributed by atoms with van der Waals surface area (Å²) in [6.45, 7) is 2.45. The first-order valence-electron chi connectivity index (χ1n) is 10.5. The molecule has 36 heavy (non-hydrogen) atoms. The van der Waals surface area contributed by atoms with Crippen molar-refractivity contribution in [2.75, 3.05) is 6.61 Å². The normalized spacial score (nSPS) is 11.7. The van der Waals surface area contributed by atoms with Gasteiger partial charge in [-0.15, -0.1) is 0 Å². The number of nitrogens with zero attached hydrogens (tertiary/aromatic N) is 2. The molecule has 0 fully saturated rings. The lowest BCUT2D eigenvalue weighted by Gasteiger charge is -2.16. The highest BCUT2D eigenvalue weighted by Crippen LogP contribution is 2.36. The SMILES string of the molecule is CCOC(=O)c1cn(-c2cc3[nH]c(=O)[nH]c3cc2C)c(=O)n(Cc2cccc(C(F)(F)F)c2Cl)c1=O. The molecule has 0 saturated heterocycles. The van der Waals surface area contributed by atoms with E-state index in [0.29, 0.717) is 21.2 Å². The maximum atomic E-state index is 13.4. The number of aryl methyl sites for hydroxylation is 1. The zero-order chi connectivity index (χ0) is 26.4. The summed E-state index contributed by atoms with van der Waals surface area (Å²) in [5.41, 5.74) is -2.75. The van der Waals surface area contributed by atoms with Gasteiger partial charge in [0.05, 0.1) is 40.5 Å². The molecule has 0 bridgehead atoms. The average Bonchev–Trinajstić information content (AvgIpc) is 3.15. The third-order valence-electron chi connectivity index (χ3n) is 5.47. The van der Waals surface area contributed by atoms with E-state index in [1.54, 1.807) is 13.0 Å².